The van der Waals surface area contributed by atoms with Crippen molar-refractivity contribution < 1.29 is 27.1 Å². The molecule has 0 unspecified atom stereocenters. The summed E-state index contributed by atoms with van der Waals surface area (Å²) in [5, 5.41) is 3.07. The van der Waals surface area contributed by atoms with E-state index in [2.05, 4.69) is 5.32 Å². The fourth-order valence-corrected chi connectivity index (χ4v) is 6.59. The first-order valence-electron chi connectivity index (χ1n) is 14.7. The van der Waals surface area contributed by atoms with Gasteiger partial charge in [-0.15, -0.1) is 0 Å². The van der Waals surface area contributed by atoms with E-state index in [0.717, 1.165) is 42.0 Å². The SMILES string of the molecule is CCOc1ccc(N(CC(=O)N(Cc2ccc(F)cc2)[C@H](C)C(=O)NC2CCCCC2)S(=O)(=O)c2ccc(C)cc2)cc1. The van der Waals surface area contributed by atoms with Gasteiger partial charge >= 0.3 is 0 Å². The first-order chi connectivity index (χ1) is 20.6. The van der Waals surface area contributed by atoms with Crippen LogP contribution in [-0.2, 0) is 26.2 Å². The lowest BCUT2D eigenvalue weighted by molar-refractivity contribution is -0.139. The smallest absolute Gasteiger partial charge is 0.264 e. The van der Waals surface area contributed by atoms with Crippen molar-refractivity contribution in [3.63, 3.8) is 0 Å². The molecule has 1 aliphatic rings. The topological polar surface area (TPSA) is 96.0 Å². The van der Waals surface area contributed by atoms with Gasteiger partial charge in [-0.1, -0.05) is 49.1 Å². The van der Waals surface area contributed by atoms with Gasteiger partial charge in [-0.2, -0.15) is 0 Å². The van der Waals surface area contributed by atoms with E-state index in [0.29, 0.717) is 17.9 Å². The molecule has 4 rings (SSSR count). The van der Waals surface area contributed by atoms with E-state index in [-0.39, 0.29) is 29.1 Å². The predicted octanol–water partition coefficient (Wildman–Crippen LogP) is 5.59. The summed E-state index contributed by atoms with van der Waals surface area (Å²) in [6.07, 6.45) is 4.96. The van der Waals surface area contributed by atoms with Crippen LogP contribution in [0.4, 0.5) is 10.1 Å². The zero-order valence-corrected chi connectivity index (χ0v) is 25.8. The van der Waals surface area contributed by atoms with Crippen molar-refractivity contribution in [2.24, 2.45) is 0 Å². The molecule has 0 heterocycles. The largest absolute Gasteiger partial charge is 0.494 e. The molecule has 3 aromatic carbocycles. The molecular weight excluding hydrogens is 569 g/mol. The summed E-state index contributed by atoms with van der Waals surface area (Å²) in [5.74, 6) is -0.733. The summed E-state index contributed by atoms with van der Waals surface area (Å²) in [7, 11) is -4.18. The average molecular weight is 610 g/mol. The van der Waals surface area contributed by atoms with Crippen LogP contribution in [0.15, 0.2) is 77.7 Å². The lowest BCUT2D eigenvalue weighted by Crippen LogP contribution is -2.53. The van der Waals surface area contributed by atoms with Crippen LogP contribution in [-0.4, -0.2) is 50.4 Å². The third-order valence-electron chi connectivity index (χ3n) is 7.71. The molecular formula is C33H40FN3O5S. The predicted molar refractivity (Wildman–Crippen MR) is 165 cm³/mol. The summed E-state index contributed by atoms with van der Waals surface area (Å²) in [4.78, 5) is 28.9. The van der Waals surface area contributed by atoms with E-state index in [4.69, 9.17) is 4.74 Å². The van der Waals surface area contributed by atoms with Gasteiger partial charge in [0.25, 0.3) is 10.0 Å². The number of carbonyl (C=O) groups excluding carboxylic acids is 2. The van der Waals surface area contributed by atoms with E-state index in [9.17, 15) is 22.4 Å². The molecule has 230 valence electrons. The number of anilines is 1. The van der Waals surface area contributed by atoms with Crippen molar-refractivity contribution in [3.05, 3.63) is 89.7 Å². The zero-order chi connectivity index (χ0) is 31.0. The summed E-state index contributed by atoms with van der Waals surface area (Å²) in [5.41, 5.74) is 1.78. The van der Waals surface area contributed by atoms with E-state index in [1.807, 2.05) is 13.8 Å². The van der Waals surface area contributed by atoms with E-state index >= 15 is 0 Å². The standard InChI is InChI=1S/C33H40FN3O5S/c1-4-42-30-18-16-29(17-19-30)37(43(40,41)31-20-10-24(2)11-21-31)23-32(38)36(22-26-12-14-27(34)15-13-26)25(3)33(39)35-28-8-6-5-7-9-28/h10-21,25,28H,4-9,22-23H2,1-3H3,(H,35,39)/t25-/m1/s1. The molecule has 10 heteroatoms. The van der Waals surface area contributed by atoms with Crippen LogP contribution in [0.1, 0.15) is 57.1 Å². The first-order valence-corrected chi connectivity index (χ1v) is 16.2. The molecule has 0 radical (unpaired) electrons. The van der Waals surface area contributed by atoms with Gasteiger partial charge < -0.3 is 15.0 Å². The normalized spacial score (nSPS) is 14.5. The molecule has 1 atom stereocenters. The molecule has 0 saturated heterocycles. The van der Waals surface area contributed by atoms with Crippen molar-refractivity contribution in [1.29, 1.82) is 0 Å². The Morgan fingerprint density at radius 3 is 2.19 bits per heavy atom. The highest BCUT2D eigenvalue weighted by Gasteiger charge is 2.33. The minimum Gasteiger partial charge on any atom is -0.494 e. The molecule has 1 saturated carbocycles. The van der Waals surface area contributed by atoms with Crippen LogP contribution in [0.25, 0.3) is 0 Å². The molecule has 1 aliphatic carbocycles. The Balaban J connectivity index is 1.67. The van der Waals surface area contributed by atoms with Gasteiger partial charge in [0.15, 0.2) is 0 Å². The van der Waals surface area contributed by atoms with E-state index in [1.54, 1.807) is 55.5 Å². The number of hydrogen-bond acceptors (Lipinski definition) is 5. The van der Waals surface area contributed by atoms with Crippen molar-refractivity contribution in [3.8, 4) is 5.75 Å². The van der Waals surface area contributed by atoms with Gasteiger partial charge in [0.1, 0.15) is 24.2 Å². The number of halogens is 1. The Morgan fingerprint density at radius 2 is 1.58 bits per heavy atom. The number of hydrogen-bond donors (Lipinski definition) is 1. The van der Waals surface area contributed by atoms with Gasteiger partial charge in [-0.3, -0.25) is 13.9 Å². The third-order valence-corrected chi connectivity index (χ3v) is 9.50. The van der Waals surface area contributed by atoms with Crippen LogP contribution >= 0.6 is 0 Å². The Morgan fingerprint density at radius 1 is 0.953 bits per heavy atom. The maximum absolute atomic E-state index is 14.1. The van der Waals surface area contributed by atoms with Crippen molar-refractivity contribution in [1.82, 2.24) is 10.2 Å². The average Bonchev–Trinajstić information content (AvgIpc) is 3.00. The second-order valence-electron chi connectivity index (χ2n) is 10.9. The highest BCUT2D eigenvalue weighted by molar-refractivity contribution is 7.92. The number of nitrogens with one attached hydrogen (secondary N) is 1. The molecule has 0 bridgehead atoms. The molecule has 0 spiro atoms. The number of nitrogens with zero attached hydrogens (tertiary/aromatic N) is 2. The summed E-state index contributed by atoms with van der Waals surface area (Å²) in [6.45, 7) is 5.24. The van der Waals surface area contributed by atoms with Gasteiger partial charge in [0, 0.05) is 12.6 Å². The Hall–Kier alpha value is -3.92. The van der Waals surface area contributed by atoms with Gasteiger partial charge in [-0.25, -0.2) is 12.8 Å². The van der Waals surface area contributed by atoms with E-state index < -0.39 is 34.3 Å². The summed E-state index contributed by atoms with van der Waals surface area (Å²) < 4.78 is 48.2. The molecule has 8 nitrogen and oxygen atoms in total. The number of sulfonamides is 1. The van der Waals surface area contributed by atoms with Crippen molar-refractivity contribution >= 4 is 27.5 Å². The van der Waals surface area contributed by atoms with Crippen molar-refractivity contribution in [2.45, 2.75) is 76.4 Å². The lowest BCUT2D eigenvalue weighted by Gasteiger charge is -2.33. The number of benzene rings is 3. The number of rotatable bonds is 12. The fourth-order valence-electron chi connectivity index (χ4n) is 5.18. The van der Waals surface area contributed by atoms with Crippen LogP contribution in [0, 0.1) is 12.7 Å². The minimum atomic E-state index is -4.18. The Bertz CT molecular complexity index is 1470. The first kappa shape index (κ1) is 32.0. The van der Waals surface area contributed by atoms with E-state index in [1.165, 1.54) is 29.2 Å². The number of carbonyl (C=O) groups is 2. The molecule has 2 amide bonds. The van der Waals surface area contributed by atoms with Crippen LogP contribution in [0.5, 0.6) is 5.75 Å². The zero-order valence-electron chi connectivity index (χ0n) is 25.0. The summed E-state index contributed by atoms with van der Waals surface area (Å²) >= 11 is 0. The fraction of sp³-hybridized carbons (Fsp3) is 0.394. The van der Waals surface area contributed by atoms with Gasteiger partial charge in [0.2, 0.25) is 11.8 Å². The second kappa shape index (κ2) is 14.5. The number of ether oxygens (including phenoxy) is 1. The molecule has 0 aliphatic heterocycles. The molecule has 1 N–H and O–H groups in total. The molecule has 0 aromatic heterocycles. The maximum atomic E-state index is 14.1. The van der Waals surface area contributed by atoms with Crippen LogP contribution in [0.2, 0.25) is 0 Å². The Kier molecular flexibility index (Phi) is 10.8. The Labute approximate surface area is 253 Å². The van der Waals surface area contributed by atoms with Gasteiger partial charge in [-0.05, 0) is 87.7 Å². The van der Waals surface area contributed by atoms with Crippen LogP contribution in [0.3, 0.4) is 0 Å². The molecule has 3 aromatic rings. The third kappa shape index (κ3) is 8.34. The van der Waals surface area contributed by atoms with Crippen LogP contribution < -0.4 is 14.4 Å². The quantitative estimate of drug-likeness (QED) is 0.289. The van der Waals surface area contributed by atoms with Crippen molar-refractivity contribution in [2.75, 3.05) is 17.5 Å². The highest BCUT2D eigenvalue weighted by Crippen LogP contribution is 2.27. The number of amides is 2. The van der Waals surface area contributed by atoms with Gasteiger partial charge in [0.05, 0.1) is 17.2 Å². The monoisotopic (exact) mass is 609 g/mol. The maximum Gasteiger partial charge on any atom is 0.264 e. The second-order valence-corrected chi connectivity index (χ2v) is 12.8. The molecule has 43 heavy (non-hydrogen) atoms. The summed E-state index contributed by atoms with van der Waals surface area (Å²) in [6, 6.07) is 17.7. The molecule has 1 fully saturated rings. The lowest BCUT2D eigenvalue weighted by atomic mass is 9.95. The highest BCUT2D eigenvalue weighted by atomic mass is 32.2. The number of aryl methyl sites for hydroxylation is 1. The minimum absolute atomic E-state index is 0.0000633.